The van der Waals surface area contributed by atoms with Gasteiger partial charge in [-0.2, -0.15) is 13.2 Å². The van der Waals surface area contributed by atoms with Crippen LogP contribution in [0.15, 0.2) is 46.9 Å². The highest BCUT2D eigenvalue weighted by Crippen LogP contribution is 2.36. The average Bonchev–Trinajstić information content (AvgIpc) is 3.22. The topological polar surface area (TPSA) is 57.4 Å². The van der Waals surface area contributed by atoms with Crippen LogP contribution in [0.5, 0.6) is 11.5 Å². The van der Waals surface area contributed by atoms with Crippen molar-refractivity contribution in [1.82, 2.24) is 10.2 Å². The highest BCUT2D eigenvalue weighted by atomic mass is 19.4. The quantitative estimate of drug-likeness (QED) is 0.704. The van der Waals surface area contributed by atoms with Crippen LogP contribution in [0.2, 0.25) is 0 Å². The monoisotopic (exact) mass is 334 g/mol. The van der Waals surface area contributed by atoms with Gasteiger partial charge in [-0.3, -0.25) is 0 Å². The minimum atomic E-state index is -4.38. The van der Waals surface area contributed by atoms with E-state index in [1.807, 2.05) is 0 Å². The number of alkyl halides is 3. The zero-order chi connectivity index (χ0) is 16.7. The lowest BCUT2D eigenvalue weighted by molar-refractivity contribution is -0.137. The van der Waals surface area contributed by atoms with E-state index in [0.29, 0.717) is 22.6 Å². The summed E-state index contributed by atoms with van der Waals surface area (Å²) in [5.41, 5.74) is 0.300. The van der Waals surface area contributed by atoms with Gasteiger partial charge in [-0.25, -0.2) is 0 Å². The van der Waals surface area contributed by atoms with Crippen molar-refractivity contribution >= 4 is 0 Å². The fourth-order valence-electron chi connectivity index (χ4n) is 2.29. The number of rotatable bonds is 2. The van der Waals surface area contributed by atoms with Gasteiger partial charge in [-0.15, -0.1) is 10.2 Å². The second-order valence-electron chi connectivity index (χ2n) is 5.06. The number of ether oxygens (including phenoxy) is 2. The van der Waals surface area contributed by atoms with Gasteiger partial charge in [-0.1, -0.05) is 0 Å². The fourth-order valence-corrected chi connectivity index (χ4v) is 2.29. The molecule has 122 valence electrons. The maximum atomic E-state index is 12.6. The second-order valence-corrected chi connectivity index (χ2v) is 5.06. The minimum Gasteiger partial charge on any atom is -0.454 e. The lowest BCUT2D eigenvalue weighted by Crippen LogP contribution is -2.03. The molecule has 5 nitrogen and oxygen atoms in total. The van der Waals surface area contributed by atoms with E-state index in [0.717, 1.165) is 12.1 Å². The Morgan fingerprint density at radius 1 is 0.792 bits per heavy atom. The van der Waals surface area contributed by atoms with E-state index in [9.17, 15) is 13.2 Å². The SMILES string of the molecule is FC(F)(F)c1ccc(-c2nnc(-c3ccc4c(c3)OCO4)o2)cc1. The molecule has 8 heteroatoms. The molecule has 2 aromatic carbocycles. The zero-order valence-corrected chi connectivity index (χ0v) is 12.0. The number of nitrogens with zero attached hydrogens (tertiary/aromatic N) is 2. The van der Waals surface area contributed by atoms with E-state index < -0.39 is 11.7 Å². The Hall–Kier alpha value is -3.03. The Kier molecular flexibility index (Phi) is 3.19. The van der Waals surface area contributed by atoms with Crippen LogP contribution in [-0.2, 0) is 6.18 Å². The molecule has 0 unspecified atom stereocenters. The number of aromatic nitrogens is 2. The van der Waals surface area contributed by atoms with Gasteiger partial charge < -0.3 is 13.9 Å². The lowest BCUT2D eigenvalue weighted by Gasteiger charge is -2.05. The molecule has 0 saturated carbocycles. The standard InChI is InChI=1S/C16H9F3N2O3/c17-16(18,19)11-4-1-9(2-5-11)14-20-21-15(24-14)10-3-6-12-13(7-10)23-8-22-12/h1-7H,8H2. The lowest BCUT2D eigenvalue weighted by atomic mass is 10.1. The Morgan fingerprint density at radius 2 is 1.42 bits per heavy atom. The van der Waals surface area contributed by atoms with Gasteiger partial charge in [0.1, 0.15) is 0 Å². The van der Waals surface area contributed by atoms with Crippen LogP contribution in [0.1, 0.15) is 5.56 Å². The van der Waals surface area contributed by atoms with E-state index in [-0.39, 0.29) is 18.6 Å². The third-order valence-corrected chi connectivity index (χ3v) is 3.50. The molecule has 3 aromatic rings. The van der Waals surface area contributed by atoms with Crippen molar-refractivity contribution in [3.05, 3.63) is 48.0 Å². The third kappa shape index (κ3) is 2.55. The van der Waals surface area contributed by atoms with Gasteiger partial charge in [0.05, 0.1) is 5.56 Å². The fraction of sp³-hybridized carbons (Fsp3) is 0.125. The molecule has 0 bridgehead atoms. The molecule has 24 heavy (non-hydrogen) atoms. The molecule has 1 aromatic heterocycles. The van der Waals surface area contributed by atoms with Crippen LogP contribution < -0.4 is 9.47 Å². The van der Waals surface area contributed by atoms with Crippen molar-refractivity contribution in [3.63, 3.8) is 0 Å². The van der Waals surface area contributed by atoms with Crippen molar-refractivity contribution in [3.8, 4) is 34.4 Å². The number of benzene rings is 2. The van der Waals surface area contributed by atoms with E-state index in [1.165, 1.54) is 12.1 Å². The smallest absolute Gasteiger partial charge is 0.416 e. The number of halogens is 3. The van der Waals surface area contributed by atoms with E-state index in [1.54, 1.807) is 18.2 Å². The molecule has 0 spiro atoms. The minimum absolute atomic E-state index is 0.136. The van der Waals surface area contributed by atoms with E-state index >= 15 is 0 Å². The molecular weight excluding hydrogens is 325 g/mol. The Morgan fingerprint density at radius 3 is 2.12 bits per heavy atom. The molecule has 0 radical (unpaired) electrons. The Balaban J connectivity index is 1.63. The summed E-state index contributed by atoms with van der Waals surface area (Å²) in [6, 6.07) is 9.68. The molecule has 4 rings (SSSR count). The molecule has 0 amide bonds. The summed E-state index contributed by atoms with van der Waals surface area (Å²) >= 11 is 0. The van der Waals surface area contributed by atoms with Gasteiger partial charge in [0, 0.05) is 11.1 Å². The molecule has 0 saturated heterocycles. The predicted octanol–water partition coefficient (Wildman–Crippen LogP) is 4.15. The highest BCUT2D eigenvalue weighted by Gasteiger charge is 2.30. The van der Waals surface area contributed by atoms with Gasteiger partial charge >= 0.3 is 6.18 Å². The van der Waals surface area contributed by atoms with Crippen LogP contribution in [0.4, 0.5) is 13.2 Å². The molecular formula is C16H9F3N2O3. The van der Waals surface area contributed by atoms with E-state index in [2.05, 4.69) is 10.2 Å². The van der Waals surface area contributed by atoms with Crippen LogP contribution >= 0.6 is 0 Å². The third-order valence-electron chi connectivity index (χ3n) is 3.50. The molecule has 2 heterocycles. The van der Waals surface area contributed by atoms with Crippen LogP contribution in [0.25, 0.3) is 22.9 Å². The van der Waals surface area contributed by atoms with Gasteiger partial charge in [0.15, 0.2) is 11.5 Å². The average molecular weight is 334 g/mol. The van der Waals surface area contributed by atoms with Crippen molar-refractivity contribution in [2.24, 2.45) is 0 Å². The number of fused-ring (bicyclic) bond motifs is 1. The molecule has 0 fully saturated rings. The van der Waals surface area contributed by atoms with Crippen molar-refractivity contribution in [2.75, 3.05) is 6.79 Å². The highest BCUT2D eigenvalue weighted by molar-refractivity contribution is 5.62. The zero-order valence-electron chi connectivity index (χ0n) is 12.0. The maximum absolute atomic E-state index is 12.6. The summed E-state index contributed by atoms with van der Waals surface area (Å²) in [5, 5.41) is 7.80. The van der Waals surface area contributed by atoms with Crippen molar-refractivity contribution in [2.45, 2.75) is 6.18 Å². The number of hydrogen-bond acceptors (Lipinski definition) is 5. The van der Waals surface area contributed by atoms with Crippen molar-refractivity contribution in [1.29, 1.82) is 0 Å². The Bertz CT molecular complexity index is 888. The first-order chi connectivity index (χ1) is 11.5. The first-order valence-electron chi connectivity index (χ1n) is 6.92. The maximum Gasteiger partial charge on any atom is 0.416 e. The first-order valence-corrected chi connectivity index (χ1v) is 6.92. The molecule has 0 N–H and O–H groups in total. The van der Waals surface area contributed by atoms with E-state index in [4.69, 9.17) is 13.9 Å². The molecule has 1 aliphatic heterocycles. The van der Waals surface area contributed by atoms with Gasteiger partial charge in [0.25, 0.3) is 0 Å². The molecule has 0 aliphatic carbocycles. The van der Waals surface area contributed by atoms with Crippen LogP contribution in [0, 0.1) is 0 Å². The van der Waals surface area contributed by atoms with Crippen LogP contribution in [0.3, 0.4) is 0 Å². The predicted molar refractivity (Wildman–Crippen MR) is 76.3 cm³/mol. The van der Waals surface area contributed by atoms with Gasteiger partial charge in [0.2, 0.25) is 18.6 Å². The summed E-state index contributed by atoms with van der Waals surface area (Å²) < 4.78 is 53.8. The normalized spacial score (nSPS) is 13.3. The summed E-state index contributed by atoms with van der Waals surface area (Å²) in [7, 11) is 0. The number of hydrogen-bond donors (Lipinski definition) is 0. The second kappa shape index (κ2) is 5.26. The summed E-state index contributed by atoms with van der Waals surface area (Å²) in [5.74, 6) is 1.57. The summed E-state index contributed by atoms with van der Waals surface area (Å²) in [4.78, 5) is 0. The largest absolute Gasteiger partial charge is 0.454 e. The van der Waals surface area contributed by atoms with Gasteiger partial charge in [-0.05, 0) is 42.5 Å². The molecule has 0 atom stereocenters. The summed E-state index contributed by atoms with van der Waals surface area (Å²) in [6.45, 7) is 0.152. The van der Waals surface area contributed by atoms with Crippen LogP contribution in [-0.4, -0.2) is 17.0 Å². The molecule has 1 aliphatic rings. The first kappa shape index (κ1) is 14.6. The Labute approximate surface area is 133 Å². The van der Waals surface area contributed by atoms with Crippen molar-refractivity contribution < 1.29 is 27.1 Å². The summed E-state index contributed by atoms with van der Waals surface area (Å²) in [6.07, 6.45) is -4.38.